The molecule has 0 aromatic rings. The number of rotatable bonds is 10. The maximum atomic E-state index is 10.4. The van der Waals surface area contributed by atoms with Gasteiger partial charge in [0.1, 0.15) is 97.7 Å². The third-order valence-electron chi connectivity index (χ3n) is 8.15. The van der Waals surface area contributed by atoms with Crippen LogP contribution in [0.5, 0.6) is 0 Å². The lowest BCUT2D eigenvalue weighted by molar-refractivity contribution is -0.346. The van der Waals surface area contributed by atoms with E-state index in [1.807, 2.05) is 0 Å². The van der Waals surface area contributed by atoms with E-state index in [1.54, 1.807) is 0 Å². The Morgan fingerprint density at radius 2 is 0.622 bits per heavy atom. The molecule has 0 radical (unpaired) electrons. The van der Waals surface area contributed by atoms with Crippen LogP contribution in [0.4, 0.5) is 0 Å². The van der Waals surface area contributed by atoms with Crippen LogP contribution in [0, 0.1) is 0 Å². The molecule has 21 nitrogen and oxygen atoms in total. The first-order valence-electron chi connectivity index (χ1n) is 14.1. The maximum Gasteiger partial charge on any atom is 0.186 e. The minimum Gasteiger partial charge on any atom is -0.394 e. The summed E-state index contributed by atoms with van der Waals surface area (Å²) >= 11 is 0. The third-order valence-corrected chi connectivity index (χ3v) is 8.15. The lowest BCUT2D eigenvalue weighted by Crippen LogP contribution is -2.63. The van der Waals surface area contributed by atoms with Crippen LogP contribution in [0.1, 0.15) is 0 Å². The standard InChI is InChI=1S/C24H42O21/c25-1-5-9(26)14(31)18(35)22(43-5)40-3-7-11(28)16(33)20(37)24(45-7)41-4-8-12(29)15(32)19(36)23(44-8)39-2-6-10(27)13(30)17(34)21(38)42-6/h5-38H,1-4H2/t5-,6-,7-,8-,9+,10-,11+,12+,13+,14+,15+,16+,17-,18-,19-,20-,21?,22-,23+,24+/m1/s1. The second-order valence-corrected chi connectivity index (χ2v) is 11.3. The van der Waals surface area contributed by atoms with Crippen LogP contribution in [-0.4, -0.2) is 221 Å². The van der Waals surface area contributed by atoms with E-state index >= 15 is 0 Å². The van der Waals surface area contributed by atoms with Crippen molar-refractivity contribution in [2.45, 2.75) is 123 Å². The molecule has 264 valence electrons. The first-order chi connectivity index (χ1) is 21.2. The lowest BCUT2D eigenvalue weighted by Gasteiger charge is -2.44. The molecule has 4 fully saturated rings. The number of ether oxygens (including phenoxy) is 7. The highest BCUT2D eigenvalue weighted by Crippen LogP contribution is 2.29. The van der Waals surface area contributed by atoms with Gasteiger partial charge in [-0.05, 0) is 0 Å². The molecule has 1 unspecified atom stereocenters. The summed E-state index contributed by atoms with van der Waals surface area (Å²) in [5.74, 6) is 0. The summed E-state index contributed by atoms with van der Waals surface area (Å²) in [4.78, 5) is 0. The highest BCUT2D eigenvalue weighted by atomic mass is 16.7. The molecule has 0 saturated carbocycles. The average Bonchev–Trinajstić information content (AvgIpc) is 3.02. The van der Waals surface area contributed by atoms with Crippen molar-refractivity contribution in [1.29, 1.82) is 0 Å². The summed E-state index contributed by atoms with van der Waals surface area (Å²) in [7, 11) is 0. The molecule has 21 heteroatoms. The summed E-state index contributed by atoms with van der Waals surface area (Å²) in [5.41, 5.74) is 0. The lowest BCUT2D eigenvalue weighted by atomic mass is 9.98. The minimum atomic E-state index is -1.88. The predicted molar refractivity (Wildman–Crippen MR) is 134 cm³/mol. The molecule has 4 rings (SSSR count). The molecule has 0 aromatic heterocycles. The fourth-order valence-corrected chi connectivity index (χ4v) is 5.23. The van der Waals surface area contributed by atoms with Gasteiger partial charge in [0.05, 0.1) is 26.4 Å². The zero-order valence-electron chi connectivity index (χ0n) is 23.5. The molecule has 0 bridgehead atoms. The predicted octanol–water partition coefficient (Wildman–Crippen LogP) is -9.75. The summed E-state index contributed by atoms with van der Waals surface area (Å²) < 4.78 is 37.2. The first-order valence-corrected chi connectivity index (χ1v) is 14.1. The number of aliphatic hydroxyl groups is 14. The van der Waals surface area contributed by atoms with Crippen LogP contribution in [-0.2, 0) is 33.2 Å². The van der Waals surface area contributed by atoms with Crippen molar-refractivity contribution < 1.29 is 105 Å². The Bertz CT molecular complexity index is 916. The molecule has 0 spiro atoms. The van der Waals surface area contributed by atoms with Crippen LogP contribution in [0.25, 0.3) is 0 Å². The van der Waals surface area contributed by atoms with Crippen molar-refractivity contribution in [3.63, 3.8) is 0 Å². The van der Waals surface area contributed by atoms with Gasteiger partial charge in [-0.15, -0.1) is 0 Å². The molecule has 4 aliphatic heterocycles. The van der Waals surface area contributed by atoms with Crippen molar-refractivity contribution in [3.05, 3.63) is 0 Å². The van der Waals surface area contributed by atoms with Gasteiger partial charge >= 0.3 is 0 Å². The SMILES string of the molecule is OC[C@H]1O[C@@H](OC[C@H]2O[C@H](OC[C@H]3O[C@H](OC[C@H]4OC(O)[C@H](O)[C@@H](O)[C@@H]4O)[C@H](O)[C@@H](O)[C@H]3O)[C@H](O)[C@@H](O)[C@H]2O)[C@H](O)[C@@H](O)[C@H]1O. The molecule has 4 aliphatic rings. The Morgan fingerprint density at radius 1 is 0.333 bits per heavy atom. The van der Waals surface area contributed by atoms with Gasteiger partial charge in [0.15, 0.2) is 25.2 Å². The largest absolute Gasteiger partial charge is 0.394 e. The number of hydrogen-bond donors (Lipinski definition) is 14. The van der Waals surface area contributed by atoms with Gasteiger partial charge in [0.2, 0.25) is 0 Å². The third kappa shape index (κ3) is 7.91. The Labute approximate surface area is 254 Å². The second kappa shape index (κ2) is 15.6. The fraction of sp³-hybridized carbons (Fsp3) is 1.00. The second-order valence-electron chi connectivity index (χ2n) is 11.3. The van der Waals surface area contributed by atoms with Gasteiger partial charge in [0.25, 0.3) is 0 Å². The van der Waals surface area contributed by atoms with E-state index in [-0.39, 0.29) is 0 Å². The molecule has 4 heterocycles. The maximum absolute atomic E-state index is 10.4. The molecule has 14 N–H and O–H groups in total. The molecular formula is C24H42O21. The van der Waals surface area contributed by atoms with E-state index in [9.17, 15) is 71.5 Å². The normalized spacial score (nSPS) is 52.9. The molecule has 45 heavy (non-hydrogen) atoms. The topological polar surface area (TPSA) is 348 Å². The van der Waals surface area contributed by atoms with Crippen molar-refractivity contribution in [2.24, 2.45) is 0 Å². The summed E-state index contributed by atoms with van der Waals surface area (Å²) in [6, 6.07) is 0. The van der Waals surface area contributed by atoms with Gasteiger partial charge in [-0.3, -0.25) is 0 Å². The van der Waals surface area contributed by atoms with E-state index in [1.165, 1.54) is 0 Å². The molecular weight excluding hydrogens is 624 g/mol. The van der Waals surface area contributed by atoms with Crippen molar-refractivity contribution in [2.75, 3.05) is 26.4 Å². The van der Waals surface area contributed by atoms with E-state index in [0.29, 0.717) is 0 Å². The molecule has 0 amide bonds. The monoisotopic (exact) mass is 666 g/mol. The number of hydrogen-bond acceptors (Lipinski definition) is 21. The summed E-state index contributed by atoms with van der Waals surface area (Å²) in [6.45, 7) is -2.67. The molecule has 4 saturated heterocycles. The average molecular weight is 667 g/mol. The Hall–Kier alpha value is -0.840. The quantitative estimate of drug-likeness (QED) is 0.103. The molecule has 20 atom stereocenters. The van der Waals surface area contributed by atoms with E-state index in [2.05, 4.69) is 0 Å². The fourth-order valence-electron chi connectivity index (χ4n) is 5.23. The summed E-state index contributed by atoms with van der Waals surface area (Å²) in [5, 5.41) is 141. The van der Waals surface area contributed by atoms with Crippen LogP contribution < -0.4 is 0 Å². The van der Waals surface area contributed by atoms with Crippen LogP contribution in [0.3, 0.4) is 0 Å². The van der Waals surface area contributed by atoms with Crippen LogP contribution >= 0.6 is 0 Å². The zero-order valence-corrected chi connectivity index (χ0v) is 23.5. The van der Waals surface area contributed by atoms with Gasteiger partial charge in [-0.2, -0.15) is 0 Å². The zero-order chi connectivity index (χ0) is 33.3. The smallest absolute Gasteiger partial charge is 0.186 e. The Morgan fingerprint density at radius 3 is 0.978 bits per heavy atom. The van der Waals surface area contributed by atoms with E-state index in [0.717, 1.165) is 0 Å². The molecule has 0 aromatic carbocycles. The van der Waals surface area contributed by atoms with Gasteiger partial charge in [0, 0.05) is 0 Å². The highest BCUT2D eigenvalue weighted by molar-refractivity contribution is 4.94. The molecule has 0 aliphatic carbocycles. The van der Waals surface area contributed by atoms with Crippen molar-refractivity contribution in [1.82, 2.24) is 0 Å². The number of aliphatic hydroxyl groups excluding tert-OH is 14. The van der Waals surface area contributed by atoms with Gasteiger partial charge in [-0.25, -0.2) is 0 Å². The van der Waals surface area contributed by atoms with Gasteiger partial charge < -0.3 is 105 Å². The minimum absolute atomic E-state index is 0.633. The first kappa shape index (κ1) is 37.0. The Kier molecular flexibility index (Phi) is 12.8. The van der Waals surface area contributed by atoms with Crippen LogP contribution in [0.15, 0.2) is 0 Å². The van der Waals surface area contributed by atoms with Crippen molar-refractivity contribution in [3.8, 4) is 0 Å². The van der Waals surface area contributed by atoms with Crippen LogP contribution in [0.2, 0.25) is 0 Å². The summed E-state index contributed by atoms with van der Waals surface area (Å²) in [6.07, 6.45) is -34.1. The Balaban J connectivity index is 1.33. The van der Waals surface area contributed by atoms with Gasteiger partial charge in [-0.1, -0.05) is 0 Å². The van der Waals surface area contributed by atoms with E-state index in [4.69, 9.17) is 33.2 Å². The van der Waals surface area contributed by atoms with E-state index < -0.39 is 149 Å². The van der Waals surface area contributed by atoms with Crippen molar-refractivity contribution >= 4 is 0 Å². The highest BCUT2D eigenvalue weighted by Gasteiger charge is 2.50.